The number of rotatable bonds is 5. The van der Waals surface area contributed by atoms with Crippen LogP contribution in [0.2, 0.25) is 0 Å². The van der Waals surface area contributed by atoms with Crippen molar-refractivity contribution in [1.29, 1.82) is 0 Å². The molecule has 1 fully saturated rings. The Hall–Kier alpha value is -3.14. The van der Waals surface area contributed by atoms with Crippen LogP contribution in [0.3, 0.4) is 0 Å². The number of thioether (sulfide) groups is 1. The standard InChI is InChI=1S/C19H21N5O4S/c1-13(25)22-7-9-23(10-8-22)16-5-3-14(11-17(16)24(27)28)19(26)21-15-4-6-18(29-2)20-12-15/h3-6,11-12H,7-10H2,1-2H3,(H,21,26). The maximum atomic E-state index is 12.5. The third-order valence-corrected chi connectivity index (χ3v) is 5.36. The van der Waals surface area contributed by atoms with Crippen LogP contribution < -0.4 is 10.2 Å². The number of hydrogen-bond donors (Lipinski definition) is 1. The molecule has 0 aliphatic carbocycles. The number of anilines is 2. The molecule has 1 aliphatic rings. The molecule has 152 valence electrons. The number of piperazine rings is 1. The lowest BCUT2D eigenvalue weighted by molar-refractivity contribution is -0.384. The van der Waals surface area contributed by atoms with E-state index in [-0.39, 0.29) is 17.2 Å². The van der Waals surface area contributed by atoms with Gasteiger partial charge in [-0.2, -0.15) is 0 Å². The average Bonchev–Trinajstić information content (AvgIpc) is 2.73. The number of amides is 2. The summed E-state index contributed by atoms with van der Waals surface area (Å²) in [5, 5.41) is 15.1. The van der Waals surface area contributed by atoms with E-state index in [1.54, 1.807) is 35.4 Å². The van der Waals surface area contributed by atoms with E-state index in [9.17, 15) is 19.7 Å². The van der Waals surface area contributed by atoms with E-state index < -0.39 is 10.8 Å². The number of aromatic nitrogens is 1. The second-order valence-electron chi connectivity index (χ2n) is 6.50. The van der Waals surface area contributed by atoms with Crippen LogP contribution >= 0.6 is 11.8 Å². The van der Waals surface area contributed by atoms with Gasteiger partial charge in [0.1, 0.15) is 5.69 Å². The highest BCUT2D eigenvalue weighted by Crippen LogP contribution is 2.30. The lowest BCUT2D eigenvalue weighted by Gasteiger charge is -2.35. The molecule has 2 heterocycles. The Kier molecular flexibility index (Phi) is 6.32. The monoisotopic (exact) mass is 415 g/mol. The van der Waals surface area contributed by atoms with Gasteiger partial charge < -0.3 is 15.1 Å². The quantitative estimate of drug-likeness (QED) is 0.454. The molecule has 0 spiro atoms. The second kappa shape index (κ2) is 8.91. The summed E-state index contributed by atoms with van der Waals surface area (Å²) < 4.78 is 0. The molecule has 0 atom stereocenters. The molecule has 0 unspecified atom stereocenters. The van der Waals surface area contributed by atoms with E-state index in [0.29, 0.717) is 37.6 Å². The zero-order chi connectivity index (χ0) is 21.0. The first-order valence-electron chi connectivity index (χ1n) is 8.99. The summed E-state index contributed by atoms with van der Waals surface area (Å²) in [5.41, 5.74) is 1.02. The molecule has 1 aliphatic heterocycles. The third-order valence-electron chi connectivity index (χ3n) is 4.70. The first-order chi connectivity index (χ1) is 13.9. The van der Waals surface area contributed by atoms with E-state index in [1.165, 1.54) is 24.8 Å². The van der Waals surface area contributed by atoms with Crippen LogP contribution in [0.4, 0.5) is 17.1 Å². The molecule has 0 radical (unpaired) electrons. The minimum Gasteiger partial charge on any atom is -0.362 e. The lowest BCUT2D eigenvalue weighted by Crippen LogP contribution is -2.48. The van der Waals surface area contributed by atoms with Crippen LogP contribution in [0.15, 0.2) is 41.6 Å². The minimum absolute atomic E-state index is 0.00813. The number of nitro groups is 1. The fourth-order valence-electron chi connectivity index (χ4n) is 3.12. The normalized spacial score (nSPS) is 13.9. The van der Waals surface area contributed by atoms with Crippen molar-refractivity contribution < 1.29 is 14.5 Å². The third kappa shape index (κ3) is 4.83. The fourth-order valence-corrected chi connectivity index (χ4v) is 3.48. The summed E-state index contributed by atoms with van der Waals surface area (Å²) in [7, 11) is 0. The molecule has 1 N–H and O–H groups in total. The Morgan fingerprint density at radius 3 is 2.45 bits per heavy atom. The van der Waals surface area contributed by atoms with Gasteiger partial charge in [0.2, 0.25) is 5.91 Å². The van der Waals surface area contributed by atoms with Gasteiger partial charge in [-0.3, -0.25) is 19.7 Å². The molecule has 1 saturated heterocycles. The minimum atomic E-state index is -0.488. The molecule has 9 nitrogen and oxygen atoms in total. The summed E-state index contributed by atoms with van der Waals surface area (Å²) in [6.45, 7) is 3.52. The Morgan fingerprint density at radius 1 is 1.17 bits per heavy atom. The summed E-state index contributed by atoms with van der Waals surface area (Å²) in [4.78, 5) is 42.9. The van der Waals surface area contributed by atoms with E-state index in [2.05, 4.69) is 10.3 Å². The summed E-state index contributed by atoms with van der Waals surface area (Å²) in [6.07, 6.45) is 3.45. The molecule has 0 bridgehead atoms. The van der Waals surface area contributed by atoms with Crippen LogP contribution in [-0.4, -0.2) is 59.1 Å². The van der Waals surface area contributed by atoms with Gasteiger partial charge in [-0.25, -0.2) is 4.98 Å². The van der Waals surface area contributed by atoms with Crippen LogP contribution in [0.25, 0.3) is 0 Å². The molecule has 3 rings (SSSR count). The molecule has 1 aromatic heterocycles. The van der Waals surface area contributed by atoms with Gasteiger partial charge in [0.05, 0.1) is 21.8 Å². The number of benzene rings is 1. The number of carbonyl (C=O) groups excluding carboxylic acids is 2. The highest BCUT2D eigenvalue weighted by molar-refractivity contribution is 7.98. The van der Waals surface area contributed by atoms with E-state index in [0.717, 1.165) is 5.03 Å². The maximum Gasteiger partial charge on any atom is 0.293 e. The highest BCUT2D eigenvalue weighted by Gasteiger charge is 2.25. The largest absolute Gasteiger partial charge is 0.362 e. The summed E-state index contributed by atoms with van der Waals surface area (Å²) in [6, 6.07) is 7.95. The van der Waals surface area contributed by atoms with Crippen molar-refractivity contribution in [3.63, 3.8) is 0 Å². The SMILES string of the molecule is CSc1ccc(NC(=O)c2ccc(N3CCN(C(C)=O)CC3)c([N+](=O)[O-])c2)cn1. The van der Waals surface area contributed by atoms with E-state index in [4.69, 9.17) is 0 Å². The van der Waals surface area contributed by atoms with Crippen LogP contribution in [0, 0.1) is 10.1 Å². The molecule has 1 aromatic carbocycles. The molecule has 2 aromatic rings. The van der Waals surface area contributed by atoms with Crippen molar-refractivity contribution >= 4 is 40.6 Å². The maximum absolute atomic E-state index is 12.5. The predicted molar refractivity (Wildman–Crippen MR) is 112 cm³/mol. The first kappa shape index (κ1) is 20.6. The van der Waals surface area contributed by atoms with E-state index in [1.807, 2.05) is 11.2 Å². The Bertz CT molecular complexity index is 927. The van der Waals surface area contributed by atoms with Crippen molar-refractivity contribution in [1.82, 2.24) is 9.88 Å². The first-order valence-corrected chi connectivity index (χ1v) is 10.2. The zero-order valence-corrected chi connectivity index (χ0v) is 16.9. The molecule has 2 amide bonds. The molecular weight excluding hydrogens is 394 g/mol. The van der Waals surface area contributed by atoms with Gasteiger partial charge >= 0.3 is 0 Å². The Morgan fingerprint density at radius 2 is 1.90 bits per heavy atom. The van der Waals surface area contributed by atoms with Gasteiger partial charge in [0.15, 0.2) is 0 Å². The van der Waals surface area contributed by atoms with Crippen molar-refractivity contribution in [2.24, 2.45) is 0 Å². The number of nitro benzene ring substituents is 1. The van der Waals surface area contributed by atoms with Gasteiger partial charge in [0.25, 0.3) is 11.6 Å². The number of nitrogens with one attached hydrogen (secondary N) is 1. The van der Waals surface area contributed by atoms with Gasteiger partial charge in [-0.15, -0.1) is 11.8 Å². The topological polar surface area (TPSA) is 109 Å². The lowest BCUT2D eigenvalue weighted by atomic mass is 10.1. The molecular formula is C19H21N5O4S. The van der Waals surface area contributed by atoms with E-state index >= 15 is 0 Å². The molecule has 29 heavy (non-hydrogen) atoms. The van der Waals surface area contributed by atoms with Crippen molar-refractivity contribution in [2.75, 3.05) is 42.7 Å². The van der Waals surface area contributed by atoms with Crippen molar-refractivity contribution in [3.05, 3.63) is 52.2 Å². The summed E-state index contributed by atoms with van der Waals surface area (Å²) >= 11 is 1.49. The van der Waals surface area contributed by atoms with Gasteiger partial charge in [-0.05, 0) is 30.5 Å². The zero-order valence-electron chi connectivity index (χ0n) is 16.1. The second-order valence-corrected chi connectivity index (χ2v) is 7.32. The van der Waals surface area contributed by atoms with Crippen LogP contribution in [0.5, 0.6) is 0 Å². The number of hydrogen-bond acceptors (Lipinski definition) is 7. The van der Waals surface area contributed by atoms with Crippen LogP contribution in [0.1, 0.15) is 17.3 Å². The molecule has 10 heteroatoms. The number of nitrogens with zero attached hydrogens (tertiary/aromatic N) is 4. The number of pyridine rings is 1. The van der Waals surface area contributed by atoms with Crippen molar-refractivity contribution in [3.8, 4) is 0 Å². The fraction of sp³-hybridized carbons (Fsp3) is 0.316. The predicted octanol–water partition coefficient (Wildman–Crippen LogP) is 2.63. The Labute approximate surface area is 172 Å². The van der Waals surface area contributed by atoms with Gasteiger partial charge in [0, 0.05) is 44.7 Å². The van der Waals surface area contributed by atoms with Crippen molar-refractivity contribution in [2.45, 2.75) is 11.9 Å². The highest BCUT2D eigenvalue weighted by atomic mass is 32.2. The Balaban J connectivity index is 1.77. The summed E-state index contributed by atoms with van der Waals surface area (Å²) in [5.74, 6) is -0.453. The van der Waals surface area contributed by atoms with Gasteiger partial charge in [-0.1, -0.05) is 0 Å². The van der Waals surface area contributed by atoms with Crippen LogP contribution in [-0.2, 0) is 4.79 Å². The average molecular weight is 415 g/mol. The smallest absolute Gasteiger partial charge is 0.293 e. The number of carbonyl (C=O) groups is 2. The molecule has 0 saturated carbocycles.